The van der Waals surface area contributed by atoms with Gasteiger partial charge in [0.25, 0.3) is 11.8 Å². The molecule has 0 saturated heterocycles. The van der Waals surface area contributed by atoms with Crippen LogP contribution in [0.15, 0.2) is 48.5 Å². The number of nitrogens with one attached hydrogen (secondary N) is 4. The summed E-state index contributed by atoms with van der Waals surface area (Å²) in [4.78, 5) is 36.4. The summed E-state index contributed by atoms with van der Waals surface area (Å²) in [5, 5.41) is 11.5. The maximum absolute atomic E-state index is 12.2. The smallest absolute Gasteiger partial charge is 0.251 e. The van der Waals surface area contributed by atoms with Crippen molar-refractivity contribution in [3.05, 3.63) is 59.7 Å². The molecule has 0 bridgehead atoms. The molecule has 0 unspecified atom stereocenters. The fourth-order valence-electron chi connectivity index (χ4n) is 2.77. The van der Waals surface area contributed by atoms with Gasteiger partial charge in [-0.3, -0.25) is 14.4 Å². The first-order valence-corrected chi connectivity index (χ1v) is 10.5. The lowest BCUT2D eigenvalue weighted by atomic mass is 10.1. The Morgan fingerprint density at radius 2 is 1.41 bits per heavy atom. The van der Waals surface area contributed by atoms with Crippen molar-refractivity contribution in [2.75, 3.05) is 37.4 Å². The molecule has 2 rings (SSSR count). The highest BCUT2D eigenvalue weighted by Crippen LogP contribution is 2.12. The number of anilines is 2. The van der Waals surface area contributed by atoms with Gasteiger partial charge in [0, 0.05) is 48.3 Å². The van der Waals surface area contributed by atoms with Crippen molar-refractivity contribution in [2.45, 2.75) is 32.7 Å². The summed E-state index contributed by atoms with van der Waals surface area (Å²) < 4.78 is 4.95. The maximum atomic E-state index is 12.2. The molecule has 8 heteroatoms. The first-order chi connectivity index (χ1) is 15.2. The number of ether oxygens (including phenoxy) is 1. The van der Waals surface area contributed by atoms with Crippen LogP contribution in [0.25, 0.3) is 0 Å². The molecule has 0 aliphatic heterocycles. The van der Waals surface area contributed by atoms with Gasteiger partial charge in [-0.15, -0.1) is 0 Å². The van der Waals surface area contributed by atoms with Crippen LogP contribution in [0, 0.1) is 0 Å². The Morgan fingerprint density at radius 1 is 0.844 bits per heavy atom. The number of carbonyl (C=O) groups excluding carboxylic acids is 3. The molecule has 3 amide bonds. The van der Waals surface area contributed by atoms with Gasteiger partial charge in [0.2, 0.25) is 5.91 Å². The van der Waals surface area contributed by atoms with E-state index in [1.54, 1.807) is 55.6 Å². The van der Waals surface area contributed by atoms with Crippen molar-refractivity contribution in [1.82, 2.24) is 10.6 Å². The second-order valence-electron chi connectivity index (χ2n) is 8.36. The number of hydrogen-bond donors (Lipinski definition) is 4. The minimum Gasteiger partial charge on any atom is -0.385 e. The van der Waals surface area contributed by atoms with Crippen LogP contribution in [0.5, 0.6) is 0 Å². The Kier molecular flexibility index (Phi) is 9.22. The van der Waals surface area contributed by atoms with Gasteiger partial charge < -0.3 is 26.0 Å². The zero-order valence-electron chi connectivity index (χ0n) is 19.1. The van der Waals surface area contributed by atoms with E-state index in [9.17, 15) is 14.4 Å². The zero-order valence-corrected chi connectivity index (χ0v) is 19.1. The van der Waals surface area contributed by atoms with Crippen molar-refractivity contribution >= 4 is 29.1 Å². The van der Waals surface area contributed by atoms with Crippen LogP contribution in [-0.4, -0.2) is 50.1 Å². The van der Waals surface area contributed by atoms with Crippen molar-refractivity contribution in [1.29, 1.82) is 0 Å². The van der Waals surface area contributed by atoms with Gasteiger partial charge in [0.1, 0.15) is 0 Å². The standard InChI is InChI=1S/C24H32N4O4/c1-24(2,3)28-23(31)18-6-10-19(11-7-18)26-16-21(29)27-20-12-8-17(9-13-20)22(30)25-14-5-15-32-4/h6-13,26H,5,14-16H2,1-4H3,(H,25,30)(H,27,29)(H,28,31). The van der Waals surface area contributed by atoms with Crippen LogP contribution in [0.2, 0.25) is 0 Å². The summed E-state index contributed by atoms with van der Waals surface area (Å²) in [5.41, 5.74) is 2.10. The van der Waals surface area contributed by atoms with E-state index in [1.807, 2.05) is 20.8 Å². The van der Waals surface area contributed by atoms with Gasteiger partial charge in [-0.1, -0.05) is 0 Å². The molecule has 0 spiro atoms. The lowest BCUT2D eigenvalue weighted by molar-refractivity contribution is -0.114. The largest absolute Gasteiger partial charge is 0.385 e. The van der Waals surface area contributed by atoms with E-state index in [2.05, 4.69) is 21.3 Å². The van der Waals surface area contributed by atoms with E-state index in [0.717, 1.165) is 12.1 Å². The number of carbonyl (C=O) groups is 3. The summed E-state index contributed by atoms with van der Waals surface area (Å²) >= 11 is 0. The van der Waals surface area contributed by atoms with E-state index in [4.69, 9.17) is 4.74 Å². The average Bonchev–Trinajstić information content (AvgIpc) is 2.75. The van der Waals surface area contributed by atoms with Gasteiger partial charge in [0.05, 0.1) is 6.54 Å². The van der Waals surface area contributed by atoms with Crippen molar-refractivity contribution in [2.24, 2.45) is 0 Å². The lowest BCUT2D eigenvalue weighted by Crippen LogP contribution is -2.40. The molecule has 0 atom stereocenters. The highest BCUT2D eigenvalue weighted by atomic mass is 16.5. The van der Waals surface area contributed by atoms with Gasteiger partial charge in [-0.2, -0.15) is 0 Å². The molecule has 172 valence electrons. The summed E-state index contributed by atoms with van der Waals surface area (Å²) in [7, 11) is 1.62. The first kappa shape index (κ1) is 24.9. The number of benzene rings is 2. The summed E-state index contributed by atoms with van der Waals surface area (Å²) in [6.45, 7) is 6.97. The maximum Gasteiger partial charge on any atom is 0.251 e. The fraction of sp³-hybridized carbons (Fsp3) is 0.375. The van der Waals surface area contributed by atoms with Crippen LogP contribution in [0.3, 0.4) is 0 Å². The van der Waals surface area contributed by atoms with Crippen LogP contribution < -0.4 is 21.3 Å². The third-order valence-electron chi connectivity index (χ3n) is 4.33. The summed E-state index contributed by atoms with van der Waals surface area (Å²) in [6.07, 6.45) is 0.746. The van der Waals surface area contributed by atoms with Gasteiger partial charge in [0.15, 0.2) is 0 Å². The Bertz CT molecular complexity index is 903. The molecule has 0 radical (unpaired) electrons. The topological polar surface area (TPSA) is 109 Å². The van der Waals surface area contributed by atoms with E-state index in [0.29, 0.717) is 30.0 Å². The Hall–Kier alpha value is -3.39. The third-order valence-corrected chi connectivity index (χ3v) is 4.33. The highest BCUT2D eigenvalue weighted by molar-refractivity contribution is 5.97. The molecule has 0 saturated carbocycles. The molecule has 0 aromatic heterocycles. The number of hydrogen-bond acceptors (Lipinski definition) is 5. The van der Waals surface area contributed by atoms with E-state index >= 15 is 0 Å². The monoisotopic (exact) mass is 440 g/mol. The Labute approximate surface area is 189 Å². The molecule has 0 heterocycles. The van der Waals surface area contributed by atoms with E-state index in [1.165, 1.54) is 0 Å². The molecule has 0 fully saturated rings. The Morgan fingerprint density at radius 3 is 1.97 bits per heavy atom. The Balaban J connectivity index is 1.79. The van der Waals surface area contributed by atoms with E-state index < -0.39 is 0 Å². The molecule has 2 aromatic carbocycles. The molecule has 8 nitrogen and oxygen atoms in total. The molecular formula is C24H32N4O4. The third kappa shape index (κ3) is 8.77. The van der Waals surface area contributed by atoms with Gasteiger partial charge in [-0.05, 0) is 75.7 Å². The van der Waals surface area contributed by atoms with Gasteiger partial charge >= 0.3 is 0 Å². The second-order valence-corrected chi connectivity index (χ2v) is 8.36. The normalized spacial score (nSPS) is 10.9. The van der Waals surface area contributed by atoms with Crippen LogP contribution in [0.4, 0.5) is 11.4 Å². The van der Waals surface area contributed by atoms with E-state index in [-0.39, 0.29) is 29.8 Å². The van der Waals surface area contributed by atoms with Crippen molar-refractivity contribution in [3.8, 4) is 0 Å². The minimum absolute atomic E-state index is 0.0648. The quantitative estimate of drug-likeness (QED) is 0.425. The summed E-state index contributed by atoms with van der Waals surface area (Å²) in [5.74, 6) is -0.537. The molecule has 0 aliphatic carbocycles. The predicted octanol–water partition coefficient (Wildman–Crippen LogP) is 3.03. The molecule has 4 N–H and O–H groups in total. The average molecular weight is 441 g/mol. The van der Waals surface area contributed by atoms with Crippen molar-refractivity contribution in [3.63, 3.8) is 0 Å². The molecular weight excluding hydrogens is 408 g/mol. The number of rotatable bonds is 10. The van der Waals surface area contributed by atoms with Crippen LogP contribution in [0.1, 0.15) is 47.9 Å². The van der Waals surface area contributed by atoms with Crippen LogP contribution >= 0.6 is 0 Å². The molecule has 0 aliphatic rings. The fourth-order valence-corrected chi connectivity index (χ4v) is 2.77. The van der Waals surface area contributed by atoms with Crippen LogP contribution in [-0.2, 0) is 9.53 Å². The lowest BCUT2D eigenvalue weighted by Gasteiger charge is -2.20. The molecule has 32 heavy (non-hydrogen) atoms. The first-order valence-electron chi connectivity index (χ1n) is 10.5. The summed E-state index contributed by atoms with van der Waals surface area (Å²) in [6, 6.07) is 13.6. The highest BCUT2D eigenvalue weighted by Gasteiger charge is 2.15. The SMILES string of the molecule is COCCCNC(=O)c1ccc(NC(=O)CNc2ccc(C(=O)NC(C)(C)C)cc2)cc1. The van der Waals surface area contributed by atoms with Gasteiger partial charge in [-0.25, -0.2) is 0 Å². The minimum atomic E-state index is -0.307. The number of amides is 3. The van der Waals surface area contributed by atoms with Crippen molar-refractivity contribution < 1.29 is 19.1 Å². The zero-order chi connectivity index (χ0) is 23.6. The second kappa shape index (κ2) is 11.9. The number of methoxy groups -OCH3 is 1. The predicted molar refractivity (Wildman–Crippen MR) is 126 cm³/mol. The molecule has 2 aromatic rings.